The van der Waals surface area contributed by atoms with Crippen LogP contribution in [0.3, 0.4) is 0 Å². The van der Waals surface area contributed by atoms with E-state index in [1.165, 1.54) is 0 Å². The van der Waals surface area contributed by atoms with E-state index in [0.29, 0.717) is 5.92 Å². The third-order valence-electron chi connectivity index (χ3n) is 4.53. The van der Waals surface area contributed by atoms with Crippen LogP contribution in [0, 0.1) is 5.92 Å². The molecule has 0 aliphatic carbocycles. The lowest BCUT2D eigenvalue weighted by atomic mass is 9.96. The van der Waals surface area contributed by atoms with Gasteiger partial charge in [-0.2, -0.15) is 0 Å². The van der Waals surface area contributed by atoms with Gasteiger partial charge in [0.1, 0.15) is 6.26 Å². The zero-order valence-electron chi connectivity index (χ0n) is 13.8. The first-order chi connectivity index (χ1) is 11.1. The number of hydrogen-bond donors (Lipinski definition) is 0. The molecule has 0 atom stereocenters. The highest BCUT2D eigenvalue weighted by atomic mass is 16.5. The van der Waals surface area contributed by atoms with Crippen molar-refractivity contribution >= 4 is 0 Å². The quantitative estimate of drug-likeness (QED) is 0.846. The Hall–Kier alpha value is -1.95. The summed E-state index contributed by atoms with van der Waals surface area (Å²) in [6.07, 6.45) is 5.51. The Morgan fingerprint density at radius 3 is 2.74 bits per heavy atom. The minimum Gasteiger partial charge on any atom is -0.364 e. The first kappa shape index (κ1) is 15.9. The predicted molar refractivity (Wildman–Crippen MR) is 87.1 cm³/mol. The summed E-state index contributed by atoms with van der Waals surface area (Å²) in [6.45, 7) is 7.77. The van der Waals surface area contributed by atoms with Crippen LogP contribution in [0.5, 0.6) is 0 Å². The van der Waals surface area contributed by atoms with Crippen LogP contribution in [-0.4, -0.2) is 32.7 Å². The van der Waals surface area contributed by atoms with Gasteiger partial charge in [0.05, 0.1) is 17.7 Å². The van der Waals surface area contributed by atoms with Crippen molar-refractivity contribution in [1.82, 2.24) is 19.6 Å². The van der Waals surface area contributed by atoms with E-state index in [2.05, 4.69) is 28.9 Å². The summed E-state index contributed by atoms with van der Waals surface area (Å²) in [5, 5.41) is 3.96. The van der Waals surface area contributed by atoms with Gasteiger partial charge in [-0.15, -0.1) is 0 Å². The summed E-state index contributed by atoms with van der Waals surface area (Å²) >= 11 is 0. The molecule has 2 aromatic rings. The zero-order chi connectivity index (χ0) is 16.2. The van der Waals surface area contributed by atoms with Gasteiger partial charge < -0.3 is 4.52 Å². The fourth-order valence-corrected chi connectivity index (χ4v) is 3.05. The van der Waals surface area contributed by atoms with Crippen LogP contribution in [-0.2, 0) is 13.1 Å². The molecule has 0 radical (unpaired) electrons. The van der Waals surface area contributed by atoms with Gasteiger partial charge in [-0.1, -0.05) is 19.0 Å². The summed E-state index contributed by atoms with van der Waals surface area (Å²) in [5.41, 5.74) is 1.91. The number of nitrogens with zero attached hydrogens (tertiary/aromatic N) is 4. The van der Waals surface area contributed by atoms with Crippen LogP contribution < -0.4 is 5.56 Å². The molecule has 0 unspecified atom stereocenters. The van der Waals surface area contributed by atoms with E-state index in [0.717, 1.165) is 50.4 Å². The maximum absolute atomic E-state index is 12.2. The second-order valence-electron chi connectivity index (χ2n) is 6.67. The SMILES string of the molecule is CC(C)c1cc(=O)n(CC2CCN(Cc3ccon3)CC2)cn1. The van der Waals surface area contributed by atoms with Crippen molar-refractivity contribution < 1.29 is 4.52 Å². The highest BCUT2D eigenvalue weighted by Gasteiger charge is 2.20. The summed E-state index contributed by atoms with van der Waals surface area (Å²) in [4.78, 5) is 19.0. The summed E-state index contributed by atoms with van der Waals surface area (Å²) in [7, 11) is 0. The Balaban J connectivity index is 1.53. The van der Waals surface area contributed by atoms with Crippen molar-refractivity contribution in [1.29, 1.82) is 0 Å². The largest absolute Gasteiger partial charge is 0.364 e. The number of rotatable bonds is 5. The maximum Gasteiger partial charge on any atom is 0.253 e. The third kappa shape index (κ3) is 4.07. The van der Waals surface area contributed by atoms with Crippen molar-refractivity contribution in [2.75, 3.05) is 13.1 Å². The molecule has 3 rings (SSSR count). The summed E-state index contributed by atoms with van der Waals surface area (Å²) in [5.74, 6) is 0.824. The number of aromatic nitrogens is 3. The van der Waals surface area contributed by atoms with Gasteiger partial charge in [0.2, 0.25) is 0 Å². The van der Waals surface area contributed by atoms with Gasteiger partial charge in [0.25, 0.3) is 5.56 Å². The minimum absolute atomic E-state index is 0.0636. The predicted octanol–water partition coefficient (Wildman–Crippen LogP) is 2.27. The van der Waals surface area contributed by atoms with Gasteiger partial charge in [0, 0.05) is 25.2 Å². The second-order valence-corrected chi connectivity index (χ2v) is 6.67. The molecule has 3 heterocycles. The monoisotopic (exact) mass is 316 g/mol. The fourth-order valence-electron chi connectivity index (χ4n) is 3.05. The van der Waals surface area contributed by atoms with Crippen LogP contribution in [0.1, 0.15) is 44.0 Å². The Morgan fingerprint density at radius 2 is 2.13 bits per heavy atom. The fraction of sp³-hybridized carbons (Fsp3) is 0.588. The minimum atomic E-state index is 0.0636. The van der Waals surface area contributed by atoms with Gasteiger partial charge >= 0.3 is 0 Å². The average molecular weight is 316 g/mol. The lowest BCUT2D eigenvalue weighted by Gasteiger charge is -2.31. The Labute approximate surface area is 136 Å². The van der Waals surface area contributed by atoms with E-state index in [1.54, 1.807) is 23.2 Å². The van der Waals surface area contributed by atoms with E-state index in [9.17, 15) is 4.79 Å². The molecule has 124 valence electrons. The Morgan fingerprint density at radius 1 is 1.35 bits per heavy atom. The molecule has 23 heavy (non-hydrogen) atoms. The highest BCUT2D eigenvalue weighted by Crippen LogP contribution is 2.20. The van der Waals surface area contributed by atoms with Gasteiger partial charge in [0.15, 0.2) is 0 Å². The smallest absolute Gasteiger partial charge is 0.253 e. The topological polar surface area (TPSA) is 64.2 Å². The van der Waals surface area contributed by atoms with Crippen molar-refractivity contribution in [2.24, 2.45) is 5.92 Å². The van der Waals surface area contributed by atoms with E-state index in [4.69, 9.17) is 4.52 Å². The summed E-state index contributed by atoms with van der Waals surface area (Å²) < 4.78 is 6.63. The molecule has 1 aliphatic rings. The third-order valence-corrected chi connectivity index (χ3v) is 4.53. The van der Waals surface area contributed by atoms with E-state index in [-0.39, 0.29) is 11.5 Å². The first-order valence-corrected chi connectivity index (χ1v) is 8.30. The molecule has 1 saturated heterocycles. The van der Waals surface area contributed by atoms with Gasteiger partial charge in [-0.25, -0.2) is 4.98 Å². The molecule has 6 heteroatoms. The molecular weight excluding hydrogens is 292 g/mol. The molecular formula is C17H24N4O2. The van der Waals surface area contributed by atoms with Crippen molar-refractivity contribution in [2.45, 2.75) is 45.7 Å². The summed E-state index contributed by atoms with van der Waals surface area (Å²) in [6, 6.07) is 3.58. The Bertz CT molecular complexity index is 670. The molecule has 1 aliphatic heterocycles. The van der Waals surface area contributed by atoms with E-state index in [1.807, 2.05) is 6.07 Å². The molecule has 1 fully saturated rings. The lowest BCUT2D eigenvalue weighted by molar-refractivity contribution is 0.163. The van der Waals surface area contributed by atoms with E-state index < -0.39 is 0 Å². The molecule has 0 amide bonds. The first-order valence-electron chi connectivity index (χ1n) is 8.30. The molecule has 0 bridgehead atoms. The second kappa shape index (κ2) is 7.08. The maximum atomic E-state index is 12.2. The average Bonchev–Trinajstić information content (AvgIpc) is 3.04. The highest BCUT2D eigenvalue weighted by molar-refractivity contribution is 5.04. The molecule has 0 spiro atoms. The van der Waals surface area contributed by atoms with Crippen LogP contribution in [0.15, 0.2) is 34.0 Å². The lowest BCUT2D eigenvalue weighted by Crippen LogP contribution is -2.36. The number of likely N-dealkylation sites (tertiary alicyclic amines) is 1. The van der Waals surface area contributed by atoms with Gasteiger partial charge in [-0.05, 0) is 37.8 Å². The molecule has 0 N–H and O–H groups in total. The molecule has 0 aromatic carbocycles. The van der Waals surface area contributed by atoms with Crippen molar-refractivity contribution in [3.05, 3.63) is 46.5 Å². The van der Waals surface area contributed by atoms with Crippen molar-refractivity contribution in [3.8, 4) is 0 Å². The van der Waals surface area contributed by atoms with Crippen molar-refractivity contribution in [3.63, 3.8) is 0 Å². The molecule has 2 aromatic heterocycles. The normalized spacial score (nSPS) is 17.0. The van der Waals surface area contributed by atoms with Crippen LogP contribution in [0.25, 0.3) is 0 Å². The zero-order valence-corrected chi connectivity index (χ0v) is 13.8. The van der Waals surface area contributed by atoms with Gasteiger partial charge in [-0.3, -0.25) is 14.3 Å². The number of hydrogen-bond acceptors (Lipinski definition) is 5. The van der Waals surface area contributed by atoms with Crippen LogP contribution in [0.4, 0.5) is 0 Å². The number of piperidine rings is 1. The van der Waals surface area contributed by atoms with E-state index >= 15 is 0 Å². The van der Waals surface area contributed by atoms with Crippen LogP contribution >= 0.6 is 0 Å². The standard InChI is InChI=1S/C17H24N4O2/c1-13(2)16-9-17(22)21(12-18-16)10-14-3-6-20(7-4-14)11-15-5-8-23-19-15/h5,8-9,12-14H,3-4,6-7,10-11H2,1-2H3. The molecule has 0 saturated carbocycles. The van der Waals surface area contributed by atoms with Crippen LogP contribution in [0.2, 0.25) is 0 Å². The Kier molecular flexibility index (Phi) is 4.91. The molecule has 6 nitrogen and oxygen atoms in total.